The van der Waals surface area contributed by atoms with Crippen LogP contribution in [0.5, 0.6) is 0 Å². The first kappa shape index (κ1) is 16.4. The van der Waals surface area contributed by atoms with Crippen molar-refractivity contribution in [3.8, 4) is 0 Å². The van der Waals surface area contributed by atoms with Crippen LogP contribution in [0.4, 0.5) is 0 Å². The standard InChI is InChI=1S/C12H25N3O3S/c1-11(13-7-8-14-19(2,17)18)12(16)15-9-5-3-4-6-10-15/h11,13-14H,3-10H2,1-2H3. The van der Waals surface area contributed by atoms with Crippen molar-refractivity contribution in [3.63, 3.8) is 0 Å². The van der Waals surface area contributed by atoms with Crippen molar-refractivity contribution in [2.24, 2.45) is 0 Å². The first-order chi connectivity index (χ1) is 8.90. The Morgan fingerprint density at radius 2 is 1.74 bits per heavy atom. The first-order valence-electron chi connectivity index (χ1n) is 6.87. The van der Waals surface area contributed by atoms with Gasteiger partial charge in [0.2, 0.25) is 15.9 Å². The molecule has 0 aliphatic carbocycles. The molecule has 1 heterocycles. The zero-order valence-corrected chi connectivity index (χ0v) is 12.6. The molecule has 1 rings (SSSR count). The molecule has 0 bridgehead atoms. The Morgan fingerprint density at radius 3 is 2.26 bits per heavy atom. The summed E-state index contributed by atoms with van der Waals surface area (Å²) < 4.78 is 24.2. The van der Waals surface area contributed by atoms with E-state index in [0.717, 1.165) is 32.2 Å². The van der Waals surface area contributed by atoms with Crippen LogP contribution in [0.3, 0.4) is 0 Å². The summed E-state index contributed by atoms with van der Waals surface area (Å²) >= 11 is 0. The van der Waals surface area contributed by atoms with Gasteiger partial charge < -0.3 is 10.2 Å². The van der Waals surface area contributed by atoms with Crippen molar-refractivity contribution in [1.82, 2.24) is 14.9 Å². The van der Waals surface area contributed by atoms with Gasteiger partial charge in [-0.25, -0.2) is 13.1 Å². The quantitative estimate of drug-likeness (QED) is 0.671. The largest absolute Gasteiger partial charge is 0.341 e. The lowest BCUT2D eigenvalue weighted by molar-refractivity contribution is -0.132. The van der Waals surface area contributed by atoms with Gasteiger partial charge in [-0.15, -0.1) is 0 Å². The molecule has 0 saturated carbocycles. The summed E-state index contributed by atoms with van der Waals surface area (Å²) in [6, 6.07) is -0.264. The number of likely N-dealkylation sites (tertiary alicyclic amines) is 1. The summed E-state index contributed by atoms with van der Waals surface area (Å²) in [5.74, 6) is 0.112. The zero-order chi connectivity index (χ0) is 14.3. The fraction of sp³-hybridized carbons (Fsp3) is 0.917. The van der Waals surface area contributed by atoms with Gasteiger partial charge in [-0.2, -0.15) is 0 Å². The highest BCUT2D eigenvalue weighted by atomic mass is 32.2. The SMILES string of the molecule is CC(NCCNS(C)(=O)=O)C(=O)N1CCCCCC1. The topological polar surface area (TPSA) is 78.5 Å². The van der Waals surface area contributed by atoms with E-state index in [-0.39, 0.29) is 11.9 Å². The normalized spacial score (nSPS) is 18.9. The van der Waals surface area contributed by atoms with Crippen molar-refractivity contribution in [2.45, 2.75) is 38.6 Å². The van der Waals surface area contributed by atoms with Crippen LogP contribution in [-0.4, -0.2) is 57.7 Å². The lowest BCUT2D eigenvalue weighted by Crippen LogP contribution is -2.47. The predicted molar refractivity (Wildman–Crippen MR) is 75.4 cm³/mol. The summed E-state index contributed by atoms with van der Waals surface area (Å²) in [5, 5.41) is 3.05. The van der Waals surface area contributed by atoms with E-state index in [0.29, 0.717) is 13.1 Å². The number of rotatable bonds is 6. The van der Waals surface area contributed by atoms with Crippen molar-refractivity contribution in [3.05, 3.63) is 0 Å². The minimum Gasteiger partial charge on any atom is -0.341 e. The molecule has 112 valence electrons. The summed E-state index contributed by atoms with van der Waals surface area (Å²) in [6.45, 7) is 4.26. The highest BCUT2D eigenvalue weighted by Gasteiger charge is 2.20. The van der Waals surface area contributed by atoms with Crippen LogP contribution < -0.4 is 10.0 Å². The van der Waals surface area contributed by atoms with Gasteiger partial charge in [0.05, 0.1) is 12.3 Å². The number of nitrogens with zero attached hydrogens (tertiary/aromatic N) is 1. The molecule has 0 aromatic carbocycles. The van der Waals surface area contributed by atoms with E-state index in [4.69, 9.17) is 0 Å². The van der Waals surface area contributed by atoms with Crippen LogP contribution in [0.25, 0.3) is 0 Å². The maximum atomic E-state index is 12.2. The summed E-state index contributed by atoms with van der Waals surface area (Å²) in [6.07, 6.45) is 5.68. The highest BCUT2D eigenvalue weighted by Crippen LogP contribution is 2.10. The number of nitrogens with one attached hydrogen (secondary N) is 2. The number of amides is 1. The van der Waals surface area contributed by atoms with Crippen molar-refractivity contribution in [1.29, 1.82) is 0 Å². The number of hydrogen-bond donors (Lipinski definition) is 2. The molecule has 1 aliphatic rings. The van der Waals surface area contributed by atoms with Gasteiger partial charge in [0.1, 0.15) is 0 Å². The number of sulfonamides is 1. The maximum Gasteiger partial charge on any atom is 0.239 e. The monoisotopic (exact) mass is 291 g/mol. The lowest BCUT2D eigenvalue weighted by atomic mass is 10.2. The van der Waals surface area contributed by atoms with E-state index < -0.39 is 10.0 Å². The van der Waals surface area contributed by atoms with Crippen LogP contribution in [-0.2, 0) is 14.8 Å². The van der Waals surface area contributed by atoms with Crippen molar-refractivity contribution >= 4 is 15.9 Å². The fourth-order valence-electron chi connectivity index (χ4n) is 2.18. The van der Waals surface area contributed by atoms with E-state index in [1.807, 2.05) is 11.8 Å². The third-order valence-corrected chi connectivity index (χ3v) is 3.96. The van der Waals surface area contributed by atoms with Crippen LogP contribution in [0, 0.1) is 0 Å². The first-order valence-corrected chi connectivity index (χ1v) is 8.76. The van der Waals surface area contributed by atoms with Crippen LogP contribution in [0.15, 0.2) is 0 Å². The van der Waals surface area contributed by atoms with Gasteiger partial charge in [-0.3, -0.25) is 4.79 Å². The Labute approximate surface area is 116 Å². The van der Waals surface area contributed by atoms with Gasteiger partial charge in [0.25, 0.3) is 0 Å². The minimum absolute atomic E-state index is 0.112. The molecule has 1 amide bonds. The van der Waals surface area contributed by atoms with Gasteiger partial charge in [-0.1, -0.05) is 12.8 Å². The average molecular weight is 291 g/mol. The molecular weight excluding hydrogens is 266 g/mol. The maximum absolute atomic E-state index is 12.2. The minimum atomic E-state index is -3.15. The molecule has 1 fully saturated rings. The highest BCUT2D eigenvalue weighted by molar-refractivity contribution is 7.88. The van der Waals surface area contributed by atoms with E-state index in [1.165, 1.54) is 12.8 Å². The van der Waals surface area contributed by atoms with E-state index in [9.17, 15) is 13.2 Å². The van der Waals surface area contributed by atoms with E-state index >= 15 is 0 Å². The molecule has 1 atom stereocenters. The Hall–Kier alpha value is -0.660. The summed E-state index contributed by atoms with van der Waals surface area (Å²) in [4.78, 5) is 14.1. The smallest absolute Gasteiger partial charge is 0.239 e. The molecule has 1 unspecified atom stereocenters. The van der Waals surface area contributed by atoms with Crippen molar-refractivity contribution < 1.29 is 13.2 Å². The Morgan fingerprint density at radius 1 is 1.16 bits per heavy atom. The molecule has 0 radical (unpaired) electrons. The Kier molecular flexibility index (Phi) is 6.74. The Balaban J connectivity index is 2.27. The second-order valence-corrected chi connectivity index (χ2v) is 6.91. The molecular formula is C12H25N3O3S. The molecule has 1 aliphatic heterocycles. The Bertz CT molecular complexity index is 376. The predicted octanol–water partition coefficient (Wildman–Crippen LogP) is -0.0837. The second-order valence-electron chi connectivity index (χ2n) is 5.08. The molecule has 0 aromatic rings. The molecule has 1 saturated heterocycles. The molecule has 0 aromatic heterocycles. The van der Waals surface area contributed by atoms with Crippen molar-refractivity contribution in [2.75, 3.05) is 32.4 Å². The van der Waals surface area contributed by atoms with Gasteiger partial charge >= 0.3 is 0 Å². The average Bonchev–Trinajstić information content (AvgIpc) is 2.61. The zero-order valence-electron chi connectivity index (χ0n) is 11.8. The van der Waals surface area contributed by atoms with E-state index in [1.54, 1.807) is 0 Å². The molecule has 7 heteroatoms. The lowest BCUT2D eigenvalue weighted by Gasteiger charge is -2.24. The second kappa shape index (κ2) is 7.81. The third-order valence-electron chi connectivity index (χ3n) is 3.23. The van der Waals surface area contributed by atoms with Crippen LogP contribution in [0.2, 0.25) is 0 Å². The summed E-state index contributed by atoms with van der Waals surface area (Å²) in [7, 11) is -3.15. The van der Waals surface area contributed by atoms with Crippen LogP contribution in [0.1, 0.15) is 32.6 Å². The summed E-state index contributed by atoms with van der Waals surface area (Å²) in [5.41, 5.74) is 0. The van der Waals surface area contributed by atoms with Gasteiger partial charge in [0, 0.05) is 26.2 Å². The number of carbonyl (C=O) groups is 1. The number of hydrogen-bond acceptors (Lipinski definition) is 4. The molecule has 19 heavy (non-hydrogen) atoms. The van der Waals surface area contributed by atoms with Gasteiger partial charge in [0.15, 0.2) is 0 Å². The molecule has 2 N–H and O–H groups in total. The fourth-order valence-corrected chi connectivity index (χ4v) is 2.65. The molecule has 6 nitrogen and oxygen atoms in total. The third kappa shape index (κ3) is 6.89. The van der Waals surface area contributed by atoms with Gasteiger partial charge in [-0.05, 0) is 19.8 Å². The van der Waals surface area contributed by atoms with Crippen LogP contribution >= 0.6 is 0 Å². The number of carbonyl (C=O) groups excluding carboxylic acids is 1. The molecule has 0 spiro atoms. The van der Waals surface area contributed by atoms with E-state index in [2.05, 4.69) is 10.0 Å².